The largest absolute Gasteiger partial charge is 0.393 e. The monoisotopic (exact) mass is 273 g/mol. The van der Waals surface area contributed by atoms with Crippen LogP contribution in [0.2, 0.25) is 0 Å². The van der Waals surface area contributed by atoms with E-state index >= 15 is 0 Å². The summed E-state index contributed by atoms with van der Waals surface area (Å²) < 4.78 is 0. The van der Waals surface area contributed by atoms with Crippen LogP contribution >= 0.6 is 0 Å². The summed E-state index contributed by atoms with van der Waals surface area (Å²) in [5.74, 6) is 0. The summed E-state index contributed by atoms with van der Waals surface area (Å²) in [5, 5.41) is 12.8. The number of rotatable bonds is 3. The van der Waals surface area contributed by atoms with Crippen molar-refractivity contribution in [2.24, 2.45) is 0 Å². The van der Waals surface area contributed by atoms with Crippen LogP contribution in [0.4, 0.5) is 0 Å². The molecule has 0 aromatic heterocycles. The highest BCUT2D eigenvalue weighted by Crippen LogP contribution is 2.09. The van der Waals surface area contributed by atoms with Crippen molar-refractivity contribution in [3.63, 3.8) is 0 Å². The molecule has 2 N–H and O–H groups in total. The molecule has 4 heteroatoms. The van der Waals surface area contributed by atoms with Crippen LogP contribution < -0.4 is 5.32 Å². The van der Waals surface area contributed by atoms with Crippen LogP contribution in [0.5, 0.6) is 0 Å². The molecule has 0 bridgehead atoms. The summed E-state index contributed by atoms with van der Waals surface area (Å²) >= 11 is 0. The zero-order valence-corrected chi connectivity index (χ0v) is 13.5. The summed E-state index contributed by atoms with van der Waals surface area (Å²) in [5.41, 5.74) is 0. The van der Waals surface area contributed by atoms with E-state index in [1.807, 2.05) is 27.7 Å². The molecule has 0 saturated carbocycles. The van der Waals surface area contributed by atoms with Gasteiger partial charge in [0.05, 0.1) is 6.10 Å². The van der Waals surface area contributed by atoms with Crippen molar-refractivity contribution < 1.29 is 5.11 Å². The predicted molar refractivity (Wildman–Crippen MR) is 83.7 cm³/mol. The lowest BCUT2D eigenvalue weighted by atomic mass is 10.1. The van der Waals surface area contributed by atoms with Crippen molar-refractivity contribution in [3.05, 3.63) is 0 Å². The summed E-state index contributed by atoms with van der Waals surface area (Å²) in [6.07, 6.45) is 1.88. The second-order valence-electron chi connectivity index (χ2n) is 4.66. The van der Waals surface area contributed by atoms with Gasteiger partial charge in [0.1, 0.15) is 0 Å². The quantitative estimate of drug-likeness (QED) is 0.815. The molecule has 4 nitrogen and oxygen atoms in total. The lowest BCUT2D eigenvalue weighted by molar-refractivity contribution is 0.0757. The second kappa shape index (κ2) is 12.9. The Morgan fingerprint density at radius 3 is 1.74 bits per heavy atom. The Hall–Kier alpha value is -0.160. The molecular weight excluding hydrogens is 238 g/mol. The minimum Gasteiger partial charge on any atom is -0.393 e. The standard InChI is InChI=1S/C11H23N3O.2C2H6/c15-11-1-5-13(6-2-11)9-10-14-7-3-12-4-8-14;2*1-2/h11-12,15H,1-10H2;2*1-2H3. The molecule has 0 unspecified atom stereocenters. The number of aliphatic hydroxyl groups excluding tert-OH is 1. The number of piperidine rings is 1. The number of hydrogen-bond acceptors (Lipinski definition) is 4. The summed E-state index contributed by atoms with van der Waals surface area (Å²) in [4.78, 5) is 5.01. The average molecular weight is 273 g/mol. The fraction of sp³-hybridized carbons (Fsp3) is 1.00. The predicted octanol–water partition coefficient (Wildman–Crippen LogP) is 1.40. The van der Waals surface area contributed by atoms with Gasteiger partial charge < -0.3 is 15.3 Å². The Kier molecular flexibility index (Phi) is 12.7. The van der Waals surface area contributed by atoms with E-state index in [9.17, 15) is 5.11 Å². The first kappa shape index (κ1) is 18.8. The second-order valence-corrected chi connectivity index (χ2v) is 4.66. The van der Waals surface area contributed by atoms with Crippen molar-refractivity contribution >= 4 is 0 Å². The van der Waals surface area contributed by atoms with Gasteiger partial charge in [-0.2, -0.15) is 0 Å². The average Bonchev–Trinajstić information content (AvgIpc) is 2.52. The van der Waals surface area contributed by atoms with E-state index in [2.05, 4.69) is 15.1 Å². The van der Waals surface area contributed by atoms with Gasteiger partial charge in [0.15, 0.2) is 0 Å². The maximum Gasteiger partial charge on any atom is 0.0564 e. The highest BCUT2D eigenvalue weighted by molar-refractivity contribution is 4.74. The fourth-order valence-electron chi connectivity index (χ4n) is 2.36. The lowest BCUT2D eigenvalue weighted by Crippen LogP contribution is -2.47. The Balaban J connectivity index is 0.000000741. The Bertz CT molecular complexity index is 176. The normalized spacial score (nSPS) is 21.9. The van der Waals surface area contributed by atoms with E-state index in [-0.39, 0.29) is 6.10 Å². The van der Waals surface area contributed by atoms with Gasteiger partial charge in [0.2, 0.25) is 0 Å². The molecule has 116 valence electrons. The zero-order valence-electron chi connectivity index (χ0n) is 13.5. The van der Waals surface area contributed by atoms with Crippen molar-refractivity contribution in [1.82, 2.24) is 15.1 Å². The first-order valence-corrected chi connectivity index (χ1v) is 8.18. The van der Waals surface area contributed by atoms with E-state index in [1.165, 1.54) is 26.2 Å². The molecule has 0 aliphatic carbocycles. The molecule has 2 saturated heterocycles. The van der Waals surface area contributed by atoms with Crippen molar-refractivity contribution in [1.29, 1.82) is 0 Å². The number of nitrogens with one attached hydrogen (secondary N) is 1. The molecule has 2 aliphatic rings. The molecule has 2 heterocycles. The molecule has 0 amide bonds. The molecule has 19 heavy (non-hydrogen) atoms. The van der Waals surface area contributed by atoms with Gasteiger partial charge in [-0.15, -0.1) is 0 Å². The topological polar surface area (TPSA) is 38.7 Å². The molecule has 0 spiro atoms. The van der Waals surface area contributed by atoms with Gasteiger partial charge in [0.25, 0.3) is 0 Å². The lowest BCUT2D eigenvalue weighted by Gasteiger charge is -2.33. The summed E-state index contributed by atoms with van der Waals surface area (Å²) in [7, 11) is 0. The van der Waals surface area contributed by atoms with E-state index < -0.39 is 0 Å². The zero-order chi connectivity index (χ0) is 14.5. The highest BCUT2D eigenvalue weighted by atomic mass is 16.3. The molecule has 0 aromatic rings. The Morgan fingerprint density at radius 2 is 1.26 bits per heavy atom. The number of likely N-dealkylation sites (tertiary alicyclic amines) is 1. The van der Waals surface area contributed by atoms with Crippen LogP contribution in [0.3, 0.4) is 0 Å². The SMILES string of the molecule is CC.CC.OC1CCN(CCN2CCNCC2)CC1. The third kappa shape index (κ3) is 8.58. The van der Waals surface area contributed by atoms with Crippen molar-refractivity contribution in [2.45, 2.75) is 46.6 Å². The van der Waals surface area contributed by atoms with Crippen molar-refractivity contribution in [3.8, 4) is 0 Å². The van der Waals surface area contributed by atoms with Gasteiger partial charge in [0, 0.05) is 52.4 Å². The van der Waals surface area contributed by atoms with E-state index in [4.69, 9.17) is 0 Å². The van der Waals surface area contributed by atoms with Crippen LogP contribution in [0.1, 0.15) is 40.5 Å². The van der Waals surface area contributed by atoms with Gasteiger partial charge in [-0.1, -0.05) is 27.7 Å². The Morgan fingerprint density at radius 1 is 0.842 bits per heavy atom. The van der Waals surface area contributed by atoms with Gasteiger partial charge in [-0.3, -0.25) is 4.90 Å². The minimum absolute atomic E-state index is 0.0413. The molecular formula is C15H35N3O. The third-order valence-electron chi connectivity index (χ3n) is 3.50. The van der Waals surface area contributed by atoms with Gasteiger partial charge in [-0.05, 0) is 12.8 Å². The molecule has 0 radical (unpaired) electrons. The van der Waals surface area contributed by atoms with Crippen LogP contribution in [-0.4, -0.2) is 73.4 Å². The smallest absolute Gasteiger partial charge is 0.0564 e. The van der Waals surface area contributed by atoms with E-state index in [0.717, 1.165) is 39.0 Å². The first-order valence-electron chi connectivity index (χ1n) is 8.18. The molecule has 0 atom stereocenters. The van der Waals surface area contributed by atoms with Crippen LogP contribution in [0.15, 0.2) is 0 Å². The third-order valence-corrected chi connectivity index (χ3v) is 3.50. The van der Waals surface area contributed by atoms with Gasteiger partial charge in [-0.25, -0.2) is 0 Å². The fourth-order valence-corrected chi connectivity index (χ4v) is 2.36. The van der Waals surface area contributed by atoms with Crippen LogP contribution in [-0.2, 0) is 0 Å². The number of aliphatic hydroxyl groups is 1. The number of nitrogens with zero attached hydrogens (tertiary/aromatic N) is 2. The molecule has 2 aliphatic heterocycles. The first-order chi connectivity index (χ1) is 9.34. The Labute approximate surface area is 120 Å². The minimum atomic E-state index is -0.0413. The van der Waals surface area contributed by atoms with Crippen molar-refractivity contribution in [2.75, 3.05) is 52.4 Å². The molecule has 2 rings (SSSR count). The summed E-state index contributed by atoms with van der Waals surface area (Å²) in [6.45, 7) is 17.2. The number of hydrogen-bond donors (Lipinski definition) is 2. The van der Waals surface area contributed by atoms with Gasteiger partial charge >= 0.3 is 0 Å². The number of piperazine rings is 1. The van der Waals surface area contributed by atoms with E-state index in [1.54, 1.807) is 0 Å². The maximum absolute atomic E-state index is 9.40. The van der Waals surface area contributed by atoms with Crippen LogP contribution in [0, 0.1) is 0 Å². The highest BCUT2D eigenvalue weighted by Gasteiger charge is 2.17. The molecule has 0 aromatic carbocycles. The van der Waals surface area contributed by atoms with Crippen LogP contribution in [0.25, 0.3) is 0 Å². The maximum atomic E-state index is 9.40. The molecule has 2 fully saturated rings. The van der Waals surface area contributed by atoms with E-state index in [0.29, 0.717) is 0 Å². The summed E-state index contributed by atoms with van der Waals surface area (Å²) in [6, 6.07) is 0.